The van der Waals surface area contributed by atoms with Gasteiger partial charge in [-0.3, -0.25) is 16.0 Å². The summed E-state index contributed by atoms with van der Waals surface area (Å²) in [6.07, 6.45) is -0.548. The van der Waals surface area contributed by atoms with Gasteiger partial charge in [0.2, 0.25) is 0 Å². The summed E-state index contributed by atoms with van der Waals surface area (Å²) in [7, 11) is 0. The van der Waals surface area contributed by atoms with Gasteiger partial charge >= 0.3 is 0 Å². The van der Waals surface area contributed by atoms with Crippen molar-refractivity contribution in [1.29, 1.82) is 0 Å². The summed E-state index contributed by atoms with van der Waals surface area (Å²) in [6, 6.07) is 87.1. The van der Waals surface area contributed by atoms with Crippen molar-refractivity contribution in [2.45, 2.75) is 18.5 Å². The number of rotatable bonds is 8. The van der Waals surface area contributed by atoms with Crippen molar-refractivity contribution in [2.75, 3.05) is 0 Å². The zero-order valence-corrected chi connectivity index (χ0v) is 37.2. The smallest absolute Gasteiger partial charge is 0.160 e. The average Bonchev–Trinajstić information content (AvgIpc) is 3.97. The van der Waals surface area contributed by atoms with Gasteiger partial charge in [-0.2, -0.15) is 0 Å². The molecule has 3 N–H and O–H groups in total. The molecular weight excluding hydrogens is 829 g/mol. The predicted molar refractivity (Wildman–Crippen MR) is 280 cm³/mol. The second-order valence-corrected chi connectivity index (χ2v) is 17.7. The Morgan fingerprint density at radius 3 is 1.53 bits per heavy atom. The number of nitrogens with one attached hydrogen (secondary N) is 3. The number of benzene rings is 10. The number of aromatic nitrogens is 1. The van der Waals surface area contributed by atoms with E-state index in [1.54, 1.807) is 0 Å². The first-order valence-corrected chi connectivity index (χ1v) is 23.4. The Morgan fingerprint density at radius 1 is 0.353 bits per heavy atom. The number of para-hydroxylation sites is 2. The molecule has 1 aliphatic heterocycles. The summed E-state index contributed by atoms with van der Waals surface area (Å²) in [4.78, 5) is 0. The van der Waals surface area contributed by atoms with Gasteiger partial charge in [-0.1, -0.05) is 200 Å². The largest absolute Gasteiger partial charge is 0.454 e. The van der Waals surface area contributed by atoms with E-state index in [0.29, 0.717) is 0 Å². The lowest BCUT2D eigenvalue weighted by Gasteiger charge is -2.40. The minimum atomic E-state index is -0.266. The van der Waals surface area contributed by atoms with Gasteiger partial charge in [0, 0.05) is 27.2 Å². The van der Waals surface area contributed by atoms with Crippen LogP contribution in [0.4, 0.5) is 0 Å². The molecular formula is C63H46N4O. The lowest BCUT2D eigenvalue weighted by Crippen LogP contribution is -2.54. The van der Waals surface area contributed by atoms with Crippen molar-refractivity contribution in [3.63, 3.8) is 0 Å². The summed E-state index contributed by atoms with van der Waals surface area (Å²) in [5, 5.41) is 16.5. The van der Waals surface area contributed by atoms with Crippen molar-refractivity contribution in [3.05, 3.63) is 259 Å². The highest BCUT2D eigenvalue weighted by Gasteiger charge is 2.32. The maximum absolute atomic E-state index is 7.12. The van der Waals surface area contributed by atoms with Crippen LogP contribution in [0.2, 0.25) is 0 Å². The molecule has 324 valence electrons. The van der Waals surface area contributed by atoms with Crippen LogP contribution in [0.5, 0.6) is 0 Å². The van der Waals surface area contributed by atoms with Gasteiger partial charge in [0.25, 0.3) is 0 Å². The van der Waals surface area contributed by atoms with Crippen LogP contribution in [0.1, 0.15) is 35.2 Å². The average molecular weight is 875 g/mol. The van der Waals surface area contributed by atoms with Crippen LogP contribution in [-0.2, 0) is 0 Å². The topological polar surface area (TPSA) is 54.2 Å². The van der Waals surface area contributed by atoms with Crippen LogP contribution >= 0.6 is 0 Å². The number of furan rings is 1. The molecule has 0 amide bonds. The molecule has 0 spiro atoms. The first-order valence-electron chi connectivity index (χ1n) is 23.4. The molecule has 0 saturated carbocycles. The van der Waals surface area contributed by atoms with Gasteiger partial charge < -0.3 is 8.98 Å². The van der Waals surface area contributed by atoms with E-state index in [-0.39, 0.29) is 18.5 Å². The normalized spacial score (nSPS) is 16.2. The monoisotopic (exact) mass is 874 g/mol. The molecule has 1 aliphatic rings. The molecule has 0 bridgehead atoms. The highest BCUT2D eigenvalue weighted by atomic mass is 16.3. The van der Waals surface area contributed by atoms with Crippen LogP contribution in [0.15, 0.2) is 247 Å². The molecule has 12 aromatic rings. The molecule has 0 aliphatic carbocycles. The Labute approximate surface area is 395 Å². The summed E-state index contributed by atoms with van der Waals surface area (Å²) in [6.45, 7) is 0. The fourth-order valence-electron chi connectivity index (χ4n) is 10.6. The van der Waals surface area contributed by atoms with Crippen molar-refractivity contribution < 1.29 is 4.42 Å². The Bertz CT molecular complexity index is 3670. The molecule has 10 aromatic carbocycles. The molecule has 2 aromatic heterocycles. The van der Waals surface area contributed by atoms with Crippen LogP contribution in [0, 0.1) is 0 Å². The second kappa shape index (κ2) is 16.8. The first kappa shape index (κ1) is 40.0. The number of fused-ring (bicyclic) bond motifs is 7. The molecule has 5 nitrogen and oxygen atoms in total. The molecule has 13 rings (SSSR count). The van der Waals surface area contributed by atoms with E-state index in [2.05, 4.69) is 263 Å². The van der Waals surface area contributed by atoms with E-state index in [9.17, 15) is 0 Å². The number of hydrogen-bond acceptors (Lipinski definition) is 4. The Morgan fingerprint density at radius 2 is 0.882 bits per heavy atom. The van der Waals surface area contributed by atoms with Crippen molar-refractivity contribution in [3.8, 4) is 50.2 Å². The highest BCUT2D eigenvalue weighted by Crippen LogP contribution is 2.45. The Kier molecular flexibility index (Phi) is 9.90. The lowest BCUT2D eigenvalue weighted by molar-refractivity contribution is 0.203. The highest BCUT2D eigenvalue weighted by molar-refractivity contribution is 6.21. The number of hydrogen-bond donors (Lipinski definition) is 3. The third-order valence-electron chi connectivity index (χ3n) is 13.8. The molecule has 1 fully saturated rings. The van der Waals surface area contributed by atoms with Gasteiger partial charge in [0.15, 0.2) is 5.58 Å². The van der Waals surface area contributed by atoms with E-state index in [1.165, 1.54) is 49.7 Å². The maximum Gasteiger partial charge on any atom is 0.160 e. The number of nitrogens with zero attached hydrogens (tertiary/aromatic N) is 1. The van der Waals surface area contributed by atoms with Gasteiger partial charge in [0.1, 0.15) is 5.58 Å². The third kappa shape index (κ3) is 6.92. The zero-order chi connectivity index (χ0) is 45.0. The first-order chi connectivity index (χ1) is 33.7. The quantitative estimate of drug-likeness (QED) is 0.142. The minimum Gasteiger partial charge on any atom is -0.454 e. The second-order valence-electron chi connectivity index (χ2n) is 17.7. The van der Waals surface area contributed by atoms with E-state index >= 15 is 0 Å². The zero-order valence-electron chi connectivity index (χ0n) is 37.2. The molecule has 68 heavy (non-hydrogen) atoms. The van der Waals surface area contributed by atoms with Gasteiger partial charge in [-0.15, -0.1) is 0 Å². The predicted octanol–water partition coefficient (Wildman–Crippen LogP) is 15.5. The SMILES string of the molecule is c1ccc(-c2cccc(-c3ccccc3)c2-c2ccc(-c3ccc4c(c3)oc3c4ccc4c5ccccc5n(-c5ccccc5)c43)c(C3NC(c4ccccc4)NC(c4ccccc4)N3)c2)cc1. The standard InChI is InChI=1S/C63H46N4O/c1-6-19-41(20-7-1)49-30-18-31-50(42-21-8-2-9-22-42)58(49)46-34-35-48(55(39-46)63-65-61(43-23-10-3-11-24-43)64-62(66-63)44-25-12-4-13-26-44)45-33-36-52-54-38-37-53-51-29-16-17-32-56(51)67(47-27-14-5-15-28-47)59(53)60(54)68-57(52)40-45/h1-40,61-66H. The van der Waals surface area contributed by atoms with Crippen molar-refractivity contribution >= 4 is 43.7 Å². The lowest BCUT2D eigenvalue weighted by atomic mass is 9.85. The van der Waals surface area contributed by atoms with Gasteiger partial charge in [-0.05, 0) is 104 Å². The fraction of sp³-hybridized carbons (Fsp3) is 0.0476. The van der Waals surface area contributed by atoms with Crippen LogP contribution in [0.3, 0.4) is 0 Å². The third-order valence-corrected chi connectivity index (χ3v) is 13.8. The van der Waals surface area contributed by atoms with Crippen LogP contribution in [-0.4, -0.2) is 4.57 Å². The summed E-state index contributed by atoms with van der Waals surface area (Å²) >= 11 is 0. The summed E-state index contributed by atoms with van der Waals surface area (Å²) < 4.78 is 9.47. The van der Waals surface area contributed by atoms with E-state index in [0.717, 1.165) is 60.9 Å². The maximum atomic E-state index is 7.12. The van der Waals surface area contributed by atoms with Crippen LogP contribution < -0.4 is 16.0 Å². The van der Waals surface area contributed by atoms with Gasteiger partial charge in [-0.25, -0.2) is 0 Å². The van der Waals surface area contributed by atoms with E-state index in [1.807, 2.05) is 0 Å². The Balaban J connectivity index is 1.03. The van der Waals surface area contributed by atoms with Gasteiger partial charge in [0.05, 0.1) is 29.5 Å². The van der Waals surface area contributed by atoms with Crippen molar-refractivity contribution in [2.24, 2.45) is 0 Å². The molecule has 1 saturated heterocycles. The molecule has 0 radical (unpaired) electrons. The fourth-order valence-corrected chi connectivity index (χ4v) is 10.6. The molecule has 2 atom stereocenters. The summed E-state index contributed by atoms with van der Waals surface area (Å²) in [5.41, 5.74) is 17.8. The minimum absolute atomic E-state index is 0.141. The summed E-state index contributed by atoms with van der Waals surface area (Å²) in [5.74, 6) is 0. The Hall–Kier alpha value is -8.32. The molecule has 3 heterocycles. The molecule has 5 heteroatoms. The van der Waals surface area contributed by atoms with Crippen LogP contribution in [0.25, 0.3) is 93.9 Å². The van der Waals surface area contributed by atoms with E-state index < -0.39 is 0 Å². The molecule has 2 unspecified atom stereocenters. The van der Waals surface area contributed by atoms with E-state index in [4.69, 9.17) is 4.42 Å². The van der Waals surface area contributed by atoms with Crippen molar-refractivity contribution in [1.82, 2.24) is 20.5 Å².